The highest BCUT2D eigenvalue weighted by Gasteiger charge is 2.72. The lowest BCUT2D eigenvalue weighted by atomic mass is 9.42. The van der Waals surface area contributed by atoms with Gasteiger partial charge in [-0.15, -0.1) is 0 Å². The minimum atomic E-state index is -0.889. The van der Waals surface area contributed by atoms with Crippen molar-refractivity contribution in [2.75, 3.05) is 26.3 Å². The SMILES string of the molecule is C[C@]12CCC(OCCCN3C(=O)c4ccccc4C3=O)CC1CC[C@@H]1[C@H]2CC[C@]2(C)C(OCCCN3C(=O)c4ccccc4C3=O)(c3ccccc3)CC[C@@]12O. The van der Waals surface area contributed by atoms with E-state index < -0.39 is 16.6 Å². The van der Waals surface area contributed by atoms with Gasteiger partial charge in [0.15, 0.2) is 0 Å². The predicted molar refractivity (Wildman–Crippen MR) is 210 cm³/mol. The van der Waals surface area contributed by atoms with Gasteiger partial charge in [0.1, 0.15) is 5.60 Å². The van der Waals surface area contributed by atoms with Gasteiger partial charge < -0.3 is 14.6 Å². The highest BCUT2D eigenvalue weighted by atomic mass is 16.5. The summed E-state index contributed by atoms with van der Waals surface area (Å²) in [5, 5.41) is 13.2. The highest BCUT2D eigenvalue weighted by Crippen LogP contribution is 2.72. The second-order valence-electron chi connectivity index (χ2n) is 17.9. The summed E-state index contributed by atoms with van der Waals surface area (Å²) in [5.41, 5.74) is 1.02. The molecule has 0 spiro atoms. The van der Waals surface area contributed by atoms with Gasteiger partial charge in [0.05, 0.1) is 34.0 Å². The molecule has 9 nitrogen and oxygen atoms in total. The van der Waals surface area contributed by atoms with Crippen molar-refractivity contribution in [2.45, 2.75) is 102 Å². The number of aliphatic hydroxyl groups is 1. The molecule has 2 aliphatic heterocycles. The summed E-state index contributed by atoms with van der Waals surface area (Å²) in [4.78, 5) is 54.4. The molecular formula is C47H54N2O7. The van der Waals surface area contributed by atoms with Gasteiger partial charge in [-0.1, -0.05) is 68.4 Å². The first kappa shape index (κ1) is 37.4. The van der Waals surface area contributed by atoms with Crippen LogP contribution >= 0.6 is 0 Å². The Morgan fingerprint density at radius 2 is 1.18 bits per heavy atom. The van der Waals surface area contributed by atoms with Crippen LogP contribution < -0.4 is 0 Å². The van der Waals surface area contributed by atoms with E-state index >= 15 is 0 Å². The first-order valence-corrected chi connectivity index (χ1v) is 21.0. The number of carbonyl (C=O) groups excluding carboxylic acids is 4. The molecule has 294 valence electrons. The third-order valence-corrected chi connectivity index (χ3v) is 15.7. The van der Waals surface area contributed by atoms with E-state index in [1.807, 2.05) is 6.07 Å². The number of rotatable bonds is 11. The molecular weight excluding hydrogens is 705 g/mol. The van der Waals surface area contributed by atoms with Gasteiger partial charge in [-0.3, -0.25) is 29.0 Å². The molecule has 0 bridgehead atoms. The molecule has 8 atom stereocenters. The Labute approximate surface area is 329 Å². The molecule has 3 unspecified atom stereocenters. The molecule has 56 heavy (non-hydrogen) atoms. The van der Waals surface area contributed by atoms with Crippen molar-refractivity contribution < 1.29 is 33.8 Å². The predicted octanol–water partition coefficient (Wildman–Crippen LogP) is 7.81. The van der Waals surface area contributed by atoms with Crippen LogP contribution in [0.4, 0.5) is 0 Å². The standard InChI is InChI=1S/C47H54N2O7/c1-44-22-20-33(55-28-10-26-48-40(50)34-14-6-7-15-35(34)41(48)51)30-32(44)18-19-39-38(44)21-23-45(2)46(39,54)24-25-47(45,31-12-4-3-5-13-31)56-29-11-27-49-42(52)36-16-8-9-17-37(36)43(49)53/h3-9,12-17,32-33,38-39,54H,10-11,18-30H2,1-2H3/t32?,33?,38-,39-,44+,45+,46-,47?/m1/s1. The van der Waals surface area contributed by atoms with Crippen molar-refractivity contribution in [1.82, 2.24) is 9.80 Å². The summed E-state index contributed by atoms with van der Waals surface area (Å²) >= 11 is 0. The summed E-state index contributed by atoms with van der Waals surface area (Å²) in [6, 6.07) is 24.5. The number of amides is 4. The fraction of sp³-hybridized carbons (Fsp3) is 0.532. The van der Waals surface area contributed by atoms with E-state index in [1.54, 1.807) is 48.5 Å². The van der Waals surface area contributed by atoms with Crippen LogP contribution in [0.25, 0.3) is 0 Å². The molecule has 4 fully saturated rings. The molecule has 4 saturated carbocycles. The van der Waals surface area contributed by atoms with E-state index in [4.69, 9.17) is 9.47 Å². The van der Waals surface area contributed by atoms with Crippen molar-refractivity contribution in [2.24, 2.45) is 28.6 Å². The minimum Gasteiger partial charge on any atom is -0.389 e. The molecule has 2 heterocycles. The Morgan fingerprint density at radius 1 is 0.625 bits per heavy atom. The van der Waals surface area contributed by atoms with Crippen LogP contribution in [-0.4, -0.2) is 76.5 Å². The molecule has 9 rings (SSSR count). The topological polar surface area (TPSA) is 113 Å². The third kappa shape index (κ3) is 5.51. The average molecular weight is 759 g/mol. The van der Waals surface area contributed by atoms with Crippen molar-refractivity contribution in [1.29, 1.82) is 0 Å². The first-order valence-electron chi connectivity index (χ1n) is 21.0. The first-order chi connectivity index (χ1) is 27.0. The third-order valence-electron chi connectivity index (χ3n) is 15.7. The van der Waals surface area contributed by atoms with Crippen LogP contribution in [0.5, 0.6) is 0 Å². The van der Waals surface area contributed by atoms with Crippen LogP contribution in [0.3, 0.4) is 0 Å². The number of nitrogens with zero attached hydrogens (tertiary/aromatic N) is 2. The maximum Gasteiger partial charge on any atom is 0.261 e. The van der Waals surface area contributed by atoms with Crippen LogP contribution in [0, 0.1) is 28.6 Å². The number of carbonyl (C=O) groups is 4. The molecule has 0 radical (unpaired) electrons. The molecule has 1 N–H and O–H groups in total. The van der Waals surface area contributed by atoms with Gasteiger partial charge in [-0.25, -0.2) is 0 Å². The van der Waals surface area contributed by atoms with E-state index in [-0.39, 0.29) is 41.1 Å². The smallest absolute Gasteiger partial charge is 0.261 e. The second kappa shape index (κ2) is 14.0. The van der Waals surface area contributed by atoms with E-state index in [1.165, 1.54) is 9.80 Å². The quantitative estimate of drug-likeness (QED) is 0.157. The van der Waals surface area contributed by atoms with Crippen molar-refractivity contribution in [3.05, 3.63) is 107 Å². The average Bonchev–Trinajstić information content (AvgIpc) is 3.72. The molecule has 4 aliphatic carbocycles. The molecule has 0 aromatic heterocycles. The number of imide groups is 2. The van der Waals surface area contributed by atoms with Gasteiger partial charge in [0, 0.05) is 31.7 Å². The van der Waals surface area contributed by atoms with Crippen LogP contribution in [0.1, 0.15) is 131 Å². The van der Waals surface area contributed by atoms with E-state index in [0.29, 0.717) is 79.7 Å². The largest absolute Gasteiger partial charge is 0.389 e. The number of hydrogen-bond acceptors (Lipinski definition) is 7. The Balaban J connectivity index is 0.846. The fourth-order valence-electron chi connectivity index (χ4n) is 12.6. The maximum absolute atomic E-state index is 13.2. The molecule has 3 aromatic rings. The number of fused-ring (bicyclic) bond motifs is 7. The van der Waals surface area contributed by atoms with Crippen LogP contribution in [0.2, 0.25) is 0 Å². The number of hydrogen-bond donors (Lipinski definition) is 1. The molecule has 3 aromatic carbocycles. The van der Waals surface area contributed by atoms with Gasteiger partial charge in [-0.2, -0.15) is 0 Å². The Kier molecular flexibility index (Phi) is 9.37. The monoisotopic (exact) mass is 758 g/mol. The molecule has 0 saturated heterocycles. The summed E-state index contributed by atoms with van der Waals surface area (Å²) in [7, 11) is 0. The maximum atomic E-state index is 13.2. The number of ether oxygens (including phenoxy) is 2. The van der Waals surface area contributed by atoms with Gasteiger partial charge in [0.2, 0.25) is 0 Å². The van der Waals surface area contributed by atoms with Crippen LogP contribution in [0.15, 0.2) is 78.9 Å². The lowest BCUT2D eigenvalue weighted by Crippen LogP contribution is -2.65. The molecule has 6 aliphatic rings. The van der Waals surface area contributed by atoms with Crippen molar-refractivity contribution in [3.63, 3.8) is 0 Å². The fourth-order valence-corrected chi connectivity index (χ4v) is 12.6. The second-order valence-corrected chi connectivity index (χ2v) is 17.9. The lowest BCUT2D eigenvalue weighted by Gasteiger charge is -2.65. The van der Waals surface area contributed by atoms with Crippen molar-refractivity contribution in [3.8, 4) is 0 Å². The normalized spacial score (nSPS) is 34.6. The van der Waals surface area contributed by atoms with E-state index in [9.17, 15) is 24.3 Å². The number of benzene rings is 3. The summed E-state index contributed by atoms with van der Waals surface area (Å²) < 4.78 is 13.5. The van der Waals surface area contributed by atoms with E-state index in [0.717, 1.165) is 56.9 Å². The zero-order valence-electron chi connectivity index (χ0n) is 32.7. The summed E-state index contributed by atoms with van der Waals surface area (Å²) in [6.07, 6.45) is 9.68. The van der Waals surface area contributed by atoms with E-state index in [2.05, 4.69) is 38.1 Å². The molecule has 9 heteroatoms. The Hall–Kier alpha value is -4.18. The van der Waals surface area contributed by atoms with Gasteiger partial charge in [0.25, 0.3) is 23.6 Å². The Morgan fingerprint density at radius 3 is 1.77 bits per heavy atom. The minimum absolute atomic E-state index is 0.116. The zero-order chi connectivity index (χ0) is 38.9. The summed E-state index contributed by atoms with van der Waals surface area (Å²) in [6.45, 7) is 6.30. The van der Waals surface area contributed by atoms with Gasteiger partial charge >= 0.3 is 0 Å². The Bertz CT molecular complexity index is 1980. The summed E-state index contributed by atoms with van der Waals surface area (Å²) in [5.74, 6) is 0.194. The van der Waals surface area contributed by atoms with Gasteiger partial charge in [-0.05, 0) is 124 Å². The highest BCUT2D eigenvalue weighted by molar-refractivity contribution is 6.22. The van der Waals surface area contributed by atoms with Crippen molar-refractivity contribution >= 4 is 23.6 Å². The lowest BCUT2D eigenvalue weighted by molar-refractivity contribution is -0.249. The zero-order valence-corrected chi connectivity index (χ0v) is 32.7. The van der Waals surface area contributed by atoms with Crippen LogP contribution in [-0.2, 0) is 15.1 Å². The molecule has 4 amide bonds.